The van der Waals surface area contributed by atoms with Crippen LogP contribution in [0.3, 0.4) is 0 Å². The first-order valence-electron chi connectivity index (χ1n) is 7.92. The first-order chi connectivity index (χ1) is 11.5. The van der Waals surface area contributed by atoms with Gasteiger partial charge in [-0.3, -0.25) is 9.59 Å². The Morgan fingerprint density at radius 2 is 1.83 bits per heavy atom. The van der Waals surface area contributed by atoms with Crippen LogP contribution in [0, 0.1) is 12.7 Å². The van der Waals surface area contributed by atoms with Gasteiger partial charge in [-0.2, -0.15) is 0 Å². The minimum Gasteiger partial charge on any atom is -0.325 e. The SMILES string of the molecule is Cc1cccc(N2CCN(C(=O)c3ccc(F)cc3)[C@@H](C)C2=O)c1. The fraction of sp³-hybridized carbons (Fsp3) is 0.263. The summed E-state index contributed by atoms with van der Waals surface area (Å²) in [5.41, 5.74) is 2.32. The molecule has 1 aliphatic rings. The third kappa shape index (κ3) is 3.02. The number of hydrogen-bond acceptors (Lipinski definition) is 2. The summed E-state index contributed by atoms with van der Waals surface area (Å²) in [6, 6.07) is 12.6. The number of halogens is 1. The monoisotopic (exact) mass is 326 g/mol. The minimum atomic E-state index is -0.559. The zero-order valence-electron chi connectivity index (χ0n) is 13.7. The molecule has 2 amide bonds. The van der Waals surface area contributed by atoms with E-state index in [4.69, 9.17) is 0 Å². The van der Waals surface area contributed by atoms with E-state index in [1.807, 2.05) is 31.2 Å². The van der Waals surface area contributed by atoms with Gasteiger partial charge >= 0.3 is 0 Å². The second-order valence-corrected chi connectivity index (χ2v) is 6.01. The van der Waals surface area contributed by atoms with E-state index >= 15 is 0 Å². The molecule has 2 aromatic rings. The molecule has 0 bridgehead atoms. The van der Waals surface area contributed by atoms with Gasteiger partial charge in [0.05, 0.1) is 0 Å². The van der Waals surface area contributed by atoms with Gasteiger partial charge in [-0.1, -0.05) is 12.1 Å². The Balaban J connectivity index is 1.79. The molecule has 0 aromatic heterocycles. The fourth-order valence-electron chi connectivity index (χ4n) is 2.96. The van der Waals surface area contributed by atoms with Crippen LogP contribution < -0.4 is 4.90 Å². The molecule has 0 spiro atoms. The predicted octanol–water partition coefficient (Wildman–Crippen LogP) is 3.01. The second kappa shape index (κ2) is 6.43. The van der Waals surface area contributed by atoms with Crippen molar-refractivity contribution in [3.05, 3.63) is 65.5 Å². The van der Waals surface area contributed by atoms with E-state index in [0.717, 1.165) is 11.3 Å². The van der Waals surface area contributed by atoms with Crippen molar-refractivity contribution in [2.24, 2.45) is 0 Å². The molecule has 2 aromatic carbocycles. The first kappa shape index (κ1) is 16.2. The molecule has 4 nitrogen and oxygen atoms in total. The van der Waals surface area contributed by atoms with Gasteiger partial charge in [-0.15, -0.1) is 0 Å². The number of benzene rings is 2. The van der Waals surface area contributed by atoms with Gasteiger partial charge in [0.15, 0.2) is 0 Å². The lowest BCUT2D eigenvalue weighted by Crippen LogP contribution is -2.57. The van der Waals surface area contributed by atoms with E-state index in [2.05, 4.69) is 0 Å². The summed E-state index contributed by atoms with van der Waals surface area (Å²) >= 11 is 0. The zero-order valence-corrected chi connectivity index (χ0v) is 13.7. The van der Waals surface area contributed by atoms with E-state index in [9.17, 15) is 14.0 Å². The highest BCUT2D eigenvalue weighted by molar-refractivity contribution is 6.03. The molecule has 1 heterocycles. The number of amides is 2. The standard InChI is InChI=1S/C19H19FN2O2/c1-13-4-3-5-17(12-13)22-11-10-21(14(2)18(22)23)19(24)15-6-8-16(20)9-7-15/h3-9,12,14H,10-11H2,1-2H3/t14-/m0/s1. The van der Waals surface area contributed by atoms with Crippen LogP contribution in [0.4, 0.5) is 10.1 Å². The highest BCUT2D eigenvalue weighted by Gasteiger charge is 2.35. The van der Waals surface area contributed by atoms with Crippen molar-refractivity contribution >= 4 is 17.5 Å². The third-order valence-corrected chi connectivity index (χ3v) is 4.32. The molecule has 24 heavy (non-hydrogen) atoms. The molecule has 124 valence electrons. The summed E-state index contributed by atoms with van der Waals surface area (Å²) in [6.07, 6.45) is 0. The van der Waals surface area contributed by atoms with Crippen LogP contribution in [-0.4, -0.2) is 35.8 Å². The number of carbonyl (C=O) groups excluding carboxylic acids is 2. The molecule has 3 rings (SSSR count). The topological polar surface area (TPSA) is 40.6 Å². The summed E-state index contributed by atoms with van der Waals surface area (Å²) in [7, 11) is 0. The number of carbonyl (C=O) groups is 2. The highest BCUT2D eigenvalue weighted by Crippen LogP contribution is 2.22. The number of piperazine rings is 1. The van der Waals surface area contributed by atoms with Crippen LogP contribution >= 0.6 is 0 Å². The summed E-state index contributed by atoms with van der Waals surface area (Å²) in [4.78, 5) is 28.6. The van der Waals surface area contributed by atoms with E-state index in [1.54, 1.807) is 16.7 Å². The third-order valence-electron chi connectivity index (χ3n) is 4.32. The Morgan fingerprint density at radius 3 is 2.50 bits per heavy atom. The number of nitrogens with zero attached hydrogens (tertiary/aromatic N) is 2. The molecule has 1 fully saturated rings. The van der Waals surface area contributed by atoms with Crippen molar-refractivity contribution in [3.8, 4) is 0 Å². The maximum atomic E-state index is 13.0. The zero-order chi connectivity index (χ0) is 17.3. The van der Waals surface area contributed by atoms with Crippen molar-refractivity contribution < 1.29 is 14.0 Å². The molecule has 0 saturated carbocycles. The maximum absolute atomic E-state index is 13.0. The Bertz CT molecular complexity index is 773. The van der Waals surface area contributed by atoms with Crippen molar-refractivity contribution in [2.75, 3.05) is 18.0 Å². The normalized spacial score (nSPS) is 18.0. The van der Waals surface area contributed by atoms with Gasteiger partial charge in [-0.25, -0.2) is 4.39 Å². The van der Waals surface area contributed by atoms with Crippen molar-refractivity contribution in [1.29, 1.82) is 0 Å². The Hall–Kier alpha value is -2.69. The van der Waals surface area contributed by atoms with Gasteiger partial charge in [0.25, 0.3) is 5.91 Å². The second-order valence-electron chi connectivity index (χ2n) is 6.01. The molecule has 0 unspecified atom stereocenters. The summed E-state index contributed by atoms with van der Waals surface area (Å²) in [5, 5.41) is 0. The minimum absolute atomic E-state index is 0.109. The van der Waals surface area contributed by atoms with Crippen molar-refractivity contribution in [3.63, 3.8) is 0 Å². The van der Waals surface area contributed by atoms with E-state index < -0.39 is 6.04 Å². The molecular formula is C19H19FN2O2. The largest absolute Gasteiger partial charge is 0.325 e. The van der Waals surface area contributed by atoms with E-state index in [0.29, 0.717) is 18.7 Å². The number of aryl methyl sites for hydroxylation is 1. The smallest absolute Gasteiger partial charge is 0.254 e. The average molecular weight is 326 g/mol. The lowest BCUT2D eigenvalue weighted by molar-refractivity contribution is -0.124. The van der Waals surface area contributed by atoms with Crippen LogP contribution in [0.2, 0.25) is 0 Å². The molecule has 0 aliphatic carbocycles. The summed E-state index contributed by atoms with van der Waals surface area (Å²) in [6.45, 7) is 4.59. The highest BCUT2D eigenvalue weighted by atomic mass is 19.1. The van der Waals surface area contributed by atoms with Gasteiger partial charge in [0.2, 0.25) is 5.91 Å². The lowest BCUT2D eigenvalue weighted by atomic mass is 10.1. The van der Waals surface area contributed by atoms with Gasteiger partial charge in [0, 0.05) is 24.3 Å². The molecule has 0 N–H and O–H groups in total. The Kier molecular flexibility index (Phi) is 4.34. The molecular weight excluding hydrogens is 307 g/mol. The van der Waals surface area contributed by atoms with E-state index in [1.165, 1.54) is 24.3 Å². The van der Waals surface area contributed by atoms with Crippen LogP contribution in [0.15, 0.2) is 48.5 Å². The molecule has 1 atom stereocenters. The predicted molar refractivity (Wildman–Crippen MR) is 90.4 cm³/mol. The van der Waals surface area contributed by atoms with E-state index in [-0.39, 0.29) is 17.6 Å². The van der Waals surface area contributed by atoms with Crippen molar-refractivity contribution in [1.82, 2.24) is 4.90 Å². The Labute approximate surface area is 140 Å². The molecule has 0 radical (unpaired) electrons. The number of rotatable bonds is 2. The lowest BCUT2D eigenvalue weighted by Gasteiger charge is -2.39. The molecule has 5 heteroatoms. The van der Waals surface area contributed by atoms with Gasteiger partial charge < -0.3 is 9.80 Å². The summed E-state index contributed by atoms with van der Waals surface area (Å²) in [5.74, 6) is -0.748. The van der Waals surface area contributed by atoms with Gasteiger partial charge in [0.1, 0.15) is 11.9 Å². The Morgan fingerprint density at radius 1 is 1.12 bits per heavy atom. The maximum Gasteiger partial charge on any atom is 0.254 e. The number of anilines is 1. The van der Waals surface area contributed by atoms with Crippen LogP contribution in [0.1, 0.15) is 22.8 Å². The quantitative estimate of drug-likeness (QED) is 0.851. The van der Waals surface area contributed by atoms with Crippen molar-refractivity contribution in [2.45, 2.75) is 19.9 Å². The molecule has 1 saturated heterocycles. The average Bonchev–Trinajstić information content (AvgIpc) is 2.57. The fourth-order valence-corrected chi connectivity index (χ4v) is 2.96. The summed E-state index contributed by atoms with van der Waals surface area (Å²) < 4.78 is 13.0. The molecule has 1 aliphatic heterocycles. The number of hydrogen-bond donors (Lipinski definition) is 0. The van der Waals surface area contributed by atoms with Crippen LogP contribution in [0.25, 0.3) is 0 Å². The van der Waals surface area contributed by atoms with Crippen LogP contribution in [-0.2, 0) is 4.79 Å². The van der Waals surface area contributed by atoms with Gasteiger partial charge in [-0.05, 0) is 55.8 Å². The van der Waals surface area contributed by atoms with Crippen LogP contribution in [0.5, 0.6) is 0 Å². The first-order valence-corrected chi connectivity index (χ1v) is 7.92.